The molecule has 1 aromatic carbocycles. The first kappa shape index (κ1) is 13.0. The fourth-order valence-electron chi connectivity index (χ4n) is 1.42. The van der Waals surface area contributed by atoms with Crippen LogP contribution in [0.1, 0.15) is 29.8 Å². The summed E-state index contributed by atoms with van der Waals surface area (Å²) in [5, 5.41) is 0. The number of hydrogen-bond acceptors (Lipinski definition) is 3. The standard InChI is InChI=1S/C14H16N2O/c1-11(16-9-8-15-3)10-13-6-4-5-7-14(13)12(2)17/h4-10H,1-3H3. The lowest BCUT2D eigenvalue weighted by Gasteiger charge is -2.01. The minimum absolute atomic E-state index is 0.0590. The molecule has 3 nitrogen and oxygen atoms in total. The minimum atomic E-state index is 0.0590. The van der Waals surface area contributed by atoms with Crippen LogP contribution in [0.3, 0.4) is 0 Å². The highest BCUT2D eigenvalue weighted by Gasteiger charge is 2.03. The fourth-order valence-corrected chi connectivity index (χ4v) is 1.42. The monoisotopic (exact) mass is 228 g/mol. The quantitative estimate of drug-likeness (QED) is 0.577. The molecular weight excluding hydrogens is 212 g/mol. The number of allylic oxidation sites excluding steroid dienone is 1. The van der Waals surface area contributed by atoms with Crippen LogP contribution in [0.4, 0.5) is 0 Å². The van der Waals surface area contributed by atoms with Gasteiger partial charge < -0.3 is 0 Å². The van der Waals surface area contributed by atoms with Gasteiger partial charge in [-0.1, -0.05) is 24.3 Å². The van der Waals surface area contributed by atoms with Crippen molar-refractivity contribution < 1.29 is 4.79 Å². The third-order valence-electron chi connectivity index (χ3n) is 2.20. The Labute approximate surface area is 102 Å². The van der Waals surface area contributed by atoms with E-state index < -0.39 is 0 Å². The largest absolute Gasteiger partial charge is 0.295 e. The highest BCUT2D eigenvalue weighted by molar-refractivity contribution is 6.16. The van der Waals surface area contributed by atoms with E-state index in [0.717, 1.165) is 11.3 Å². The van der Waals surface area contributed by atoms with Crippen LogP contribution in [0.2, 0.25) is 0 Å². The Morgan fingerprint density at radius 3 is 2.53 bits per heavy atom. The summed E-state index contributed by atoms with van der Waals surface area (Å²) in [5.41, 5.74) is 2.44. The molecule has 0 heterocycles. The molecule has 1 aromatic rings. The van der Waals surface area contributed by atoms with E-state index in [9.17, 15) is 4.79 Å². The SMILES string of the molecule is CN=CC=NC(C)=Cc1ccccc1C(C)=O. The van der Waals surface area contributed by atoms with Gasteiger partial charge in [0.05, 0.1) is 0 Å². The molecule has 0 amide bonds. The van der Waals surface area contributed by atoms with Gasteiger partial charge in [-0.25, -0.2) is 0 Å². The van der Waals surface area contributed by atoms with Gasteiger partial charge in [-0.05, 0) is 25.5 Å². The lowest BCUT2D eigenvalue weighted by molar-refractivity contribution is 0.101. The molecule has 0 atom stereocenters. The Morgan fingerprint density at radius 2 is 1.88 bits per heavy atom. The molecule has 3 heteroatoms. The predicted molar refractivity (Wildman–Crippen MR) is 73.0 cm³/mol. The van der Waals surface area contributed by atoms with Crippen LogP contribution in [0.25, 0.3) is 6.08 Å². The molecule has 0 aliphatic heterocycles. The van der Waals surface area contributed by atoms with Gasteiger partial charge in [-0.15, -0.1) is 0 Å². The third kappa shape index (κ3) is 4.15. The molecular formula is C14H16N2O. The lowest BCUT2D eigenvalue weighted by atomic mass is 10.0. The number of Topliss-reactive ketones (excluding diaryl/α,β-unsaturated/α-hetero) is 1. The second-order valence-corrected chi connectivity index (χ2v) is 3.61. The zero-order chi connectivity index (χ0) is 12.7. The van der Waals surface area contributed by atoms with Gasteiger partial charge in [0.1, 0.15) is 0 Å². The van der Waals surface area contributed by atoms with E-state index in [1.165, 1.54) is 0 Å². The normalized spacial score (nSPS) is 12.5. The Morgan fingerprint density at radius 1 is 1.18 bits per heavy atom. The maximum absolute atomic E-state index is 11.4. The number of carbonyl (C=O) groups excluding carboxylic acids is 1. The molecule has 0 radical (unpaired) electrons. The second-order valence-electron chi connectivity index (χ2n) is 3.61. The molecule has 1 rings (SSSR count). The molecule has 0 aliphatic rings. The van der Waals surface area contributed by atoms with E-state index in [1.807, 2.05) is 37.3 Å². The van der Waals surface area contributed by atoms with Gasteiger partial charge in [-0.2, -0.15) is 0 Å². The molecule has 0 aromatic heterocycles. The lowest BCUT2D eigenvalue weighted by Crippen LogP contribution is -1.95. The highest BCUT2D eigenvalue weighted by Crippen LogP contribution is 2.14. The summed E-state index contributed by atoms with van der Waals surface area (Å²) < 4.78 is 0. The average molecular weight is 228 g/mol. The maximum atomic E-state index is 11.4. The van der Waals surface area contributed by atoms with E-state index in [2.05, 4.69) is 9.98 Å². The predicted octanol–water partition coefficient (Wildman–Crippen LogP) is 3.02. The zero-order valence-corrected chi connectivity index (χ0v) is 10.3. The zero-order valence-electron chi connectivity index (χ0n) is 10.3. The minimum Gasteiger partial charge on any atom is -0.295 e. The van der Waals surface area contributed by atoms with E-state index in [-0.39, 0.29) is 5.78 Å². The van der Waals surface area contributed by atoms with Crippen molar-refractivity contribution in [2.45, 2.75) is 13.8 Å². The summed E-state index contributed by atoms with van der Waals surface area (Å²) in [5.74, 6) is 0.0590. The average Bonchev–Trinajstić information content (AvgIpc) is 2.29. The Balaban J connectivity index is 3.01. The van der Waals surface area contributed by atoms with Crippen molar-refractivity contribution in [1.82, 2.24) is 0 Å². The molecule has 0 fully saturated rings. The van der Waals surface area contributed by atoms with Crippen molar-refractivity contribution in [3.8, 4) is 0 Å². The third-order valence-corrected chi connectivity index (χ3v) is 2.20. The van der Waals surface area contributed by atoms with Crippen molar-refractivity contribution >= 4 is 24.3 Å². The summed E-state index contributed by atoms with van der Waals surface area (Å²) in [6.45, 7) is 3.45. The molecule has 0 N–H and O–H groups in total. The molecule has 0 aliphatic carbocycles. The number of carbonyl (C=O) groups is 1. The smallest absolute Gasteiger partial charge is 0.160 e. The van der Waals surface area contributed by atoms with Crippen LogP contribution >= 0.6 is 0 Å². The van der Waals surface area contributed by atoms with Crippen molar-refractivity contribution in [3.05, 3.63) is 41.1 Å². The number of aliphatic imine (C=N–C) groups is 2. The first-order valence-electron chi connectivity index (χ1n) is 5.38. The number of nitrogens with zero attached hydrogens (tertiary/aromatic N) is 2. The number of benzene rings is 1. The maximum Gasteiger partial charge on any atom is 0.160 e. The van der Waals surface area contributed by atoms with Gasteiger partial charge in [-0.3, -0.25) is 14.8 Å². The van der Waals surface area contributed by atoms with Crippen LogP contribution in [-0.2, 0) is 0 Å². The number of hydrogen-bond donors (Lipinski definition) is 0. The highest BCUT2D eigenvalue weighted by atomic mass is 16.1. The van der Waals surface area contributed by atoms with Crippen molar-refractivity contribution in [3.63, 3.8) is 0 Å². The van der Waals surface area contributed by atoms with Gasteiger partial charge in [0.2, 0.25) is 0 Å². The van der Waals surface area contributed by atoms with Gasteiger partial charge in [0.25, 0.3) is 0 Å². The summed E-state index contributed by atoms with van der Waals surface area (Å²) in [7, 11) is 1.69. The van der Waals surface area contributed by atoms with Crippen LogP contribution in [0.5, 0.6) is 0 Å². The molecule has 0 bridgehead atoms. The van der Waals surface area contributed by atoms with E-state index >= 15 is 0 Å². The topological polar surface area (TPSA) is 41.8 Å². The van der Waals surface area contributed by atoms with Crippen LogP contribution in [0, 0.1) is 0 Å². The van der Waals surface area contributed by atoms with Crippen LogP contribution in [0.15, 0.2) is 39.9 Å². The molecule has 88 valence electrons. The molecule has 0 unspecified atom stereocenters. The van der Waals surface area contributed by atoms with Crippen molar-refractivity contribution in [2.75, 3.05) is 7.05 Å². The number of ketones is 1. The second kappa shape index (κ2) is 6.53. The van der Waals surface area contributed by atoms with Gasteiger partial charge in [0.15, 0.2) is 5.78 Å². The van der Waals surface area contributed by atoms with E-state index in [4.69, 9.17) is 0 Å². The molecule has 17 heavy (non-hydrogen) atoms. The van der Waals surface area contributed by atoms with E-state index in [1.54, 1.807) is 26.4 Å². The Bertz CT molecular complexity index is 485. The first-order chi connectivity index (χ1) is 8.15. The molecule has 0 spiro atoms. The van der Waals surface area contributed by atoms with Crippen LogP contribution < -0.4 is 0 Å². The first-order valence-corrected chi connectivity index (χ1v) is 5.38. The molecule has 0 saturated carbocycles. The van der Waals surface area contributed by atoms with E-state index in [0.29, 0.717) is 5.56 Å². The summed E-state index contributed by atoms with van der Waals surface area (Å²) in [6.07, 6.45) is 5.13. The Kier molecular flexibility index (Phi) is 5.01. The summed E-state index contributed by atoms with van der Waals surface area (Å²) >= 11 is 0. The Hall–Kier alpha value is -2.03. The fraction of sp³-hybridized carbons (Fsp3) is 0.214. The van der Waals surface area contributed by atoms with Gasteiger partial charge >= 0.3 is 0 Å². The summed E-state index contributed by atoms with van der Waals surface area (Å²) in [6, 6.07) is 7.49. The summed E-state index contributed by atoms with van der Waals surface area (Å²) in [4.78, 5) is 19.4. The van der Waals surface area contributed by atoms with Crippen molar-refractivity contribution in [2.24, 2.45) is 9.98 Å². The van der Waals surface area contributed by atoms with Crippen molar-refractivity contribution in [1.29, 1.82) is 0 Å². The van der Waals surface area contributed by atoms with Crippen LogP contribution in [-0.4, -0.2) is 25.3 Å². The molecule has 0 saturated heterocycles. The van der Waals surface area contributed by atoms with Gasteiger partial charge in [0, 0.05) is 30.7 Å². The number of rotatable bonds is 4.